The number of carbonyl (C=O) groups is 1. The van der Waals surface area contributed by atoms with E-state index in [-0.39, 0.29) is 12.5 Å². The number of quaternary nitrogens is 1. The molecule has 410 valence electrons. The fourth-order valence-electron chi connectivity index (χ4n) is 8.51. The summed E-state index contributed by atoms with van der Waals surface area (Å²) in [7, 11) is 1.23. The lowest BCUT2D eigenvalue weighted by Crippen LogP contribution is -2.45. The molecule has 0 rings (SSSR count). The molecule has 0 saturated heterocycles. The fourth-order valence-corrected chi connectivity index (χ4v) is 9.23. The molecule has 0 spiro atoms. The minimum Gasteiger partial charge on any atom is -0.756 e. The van der Waals surface area contributed by atoms with Gasteiger partial charge in [-0.2, -0.15) is 0 Å². The molecule has 1 amide bonds. The van der Waals surface area contributed by atoms with Crippen molar-refractivity contribution in [3.05, 3.63) is 60.8 Å². The van der Waals surface area contributed by atoms with Crippen LogP contribution in [0, 0.1) is 0 Å². The molecule has 0 fully saturated rings. The Hall–Kier alpha value is -1.80. The maximum atomic E-state index is 12.9. The van der Waals surface area contributed by atoms with Gasteiger partial charge in [-0.15, -0.1) is 0 Å². The van der Waals surface area contributed by atoms with Crippen molar-refractivity contribution in [1.29, 1.82) is 0 Å². The van der Waals surface area contributed by atoms with Gasteiger partial charge in [0, 0.05) is 6.42 Å². The Morgan fingerprint density at radius 1 is 0.500 bits per heavy atom. The third-order valence-electron chi connectivity index (χ3n) is 13.2. The van der Waals surface area contributed by atoms with E-state index in [4.69, 9.17) is 9.05 Å². The number of nitrogens with one attached hydrogen (secondary N) is 1. The quantitative estimate of drug-likeness (QED) is 0.0272. The summed E-state index contributed by atoms with van der Waals surface area (Å²) in [6.45, 7) is 4.62. The van der Waals surface area contributed by atoms with E-state index in [1.54, 1.807) is 6.08 Å². The molecule has 9 heteroatoms. The maximum Gasteiger partial charge on any atom is 0.268 e. The van der Waals surface area contributed by atoms with E-state index < -0.39 is 26.6 Å². The number of rotatable bonds is 54. The van der Waals surface area contributed by atoms with Crippen LogP contribution in [0.2, 0.25) is 0 Å². The number of nitrogens with zero attached hydrogens (tertiary/aromatic N) is 1. The molecule has 0 heterocycles. The SMILES string of the molecule is CCCCCC/C=C\C/C=C\CCCCCCCCCC(=O)NC(COP(=O)([O-])OCC[N+](C)(C)C)C(O)/C=C/CC/C=C/CC/C=C/CCCCCCCCCCCCCCCCCCCCCC. The van der Waals surface area contributed by atoms with Gasteiger partial charge in [-0.1, -0.05) is 248 Å². The van der Waals surface area contributed by atoms with Crippen LogP contribution in [0.3, 0.4) is 0 Å². The fraction of sp³-hybridized carbons (Fsp3) is 0.820. The van der Waals surface area contributed by atoms with Crippen LogP contribution < -0.4 is 10.2 Å². The Morgan fingerprint density at radius 3 is 1.26 bits per heavy atom. The van der Waals surface area contributed by atoms with E-state index in [9.17, 15) is 19.4 Å². The smallest absolute Gasteiger partial charge is 0.268 e. The summed E-state index contributed by atoms with van der Waals surface area (Å²) >= 11 is 0. The van der Waals surface area contributed by atoms with E-state index in [1.807, 2.05) is 27.2 Å². The van der Waals surface area contributed by atoms with Crippen molar-refractivity contribution in [1.82, 2.24) is 5.32 Å². The average molecular weight is 1000 g/mol. The monoisotopic (exact) mass is 1000 g/mol. The Balaban J connectivity index is 4.24. The van der Waals surface area contributed by atoms with Gasteiger partial charge in [0.1, 0.15) is 13.2 Å². The second-order valence-electron chi connectivity index (χ2n) is 21.3. The van der Waals surface area contributed by atoms with Crippen molar-refractivity contribution in [3.8, 4) is 0 Å². The first kappa shape index (κ1) is 68.2. The summed E-state index contributed by atoms with van der Waals surface area (Å²) in [5.74, 6) is -0.219. The van der Waals surface area contributed by atoms with Gasteiger partial charge in [0.2, 0.25) is 5.91 Å². The molecule has 8 nitrogen and oxygen atoms in total. The van der Waals surface area contributed by atoms with Gasteiger partial charge in [0.15, 0.2) is 0 Å². The Morgan fingerprint density at radius 2 is 0.843 bits per heavy atom. The summed E-state index contributed by atoms with van der Waals surface area (Å²) < 4.78 is 23.3. The molecule has 0 aromatic rings. The number of amides is 1. The van der Waals surface area contributed by atoms with Crippen molar-refractivity contribution in [2.45, 2.75) is 283 Å². The van der Waals surface area contributed by atoms with Gasteiger partial charge in [0.25, 0.3) is 7.82 Å². The number of aliphatic hydroxyl groups excluding tert-OH is 1. The van der Waals surface area contributed by atoms with Crippen LogP contribution >= 0.6 is 7.82 Å². The third kappa shape index (κ3) is 54.0. The van der Waals surface area contributed by atoms with Crippen molar-refractivity contribution in [2.24, 2.45) is 0 Å². The zero-order valence-electron chi connectivity index (χ0n) is 46.7. The predicted molar refractivity (Wildman–Crippen MR) is 302 cm³/mol. The zero-order valence-corrected chi connectivity index (χ0v) is 47.6. The van der Waals surface area contributed by atoms with Gasteiger partial charge in [0.05, 0.1) is 39.9 Å². The summed E-state index contributed by atoms with van der Waals surface area (Å²) in [4.78, 5) is 25.5. The van der Waals surface area contributed by atoms with Gasteiger partial charge in [-0.3, -0.25) is 9.36 Å². The lowest BCUT2D eigenvalue weighted by Gasteiger charge is -2.29. The number of hydrogen-bond donors (Lipinski definition) is 2. The molecule has 0 aromatic carbocycles. The van der Waals surface area contributed by atoms with E-state index in [2.05, 4.69) is 67.8 Å². The standard InChI is InChI=1S/C61H115N2O6P/c1-6-8-10-12-14-16-18-20-22-24-26-27-28-29-30-31-32-33-34-35-36-37-38-40-42-44-46-48-50-52-54-60(64)59(58-69-70(66,67)68-57-56-63(3,4)5)62-61(65)55-53-51-49-47-45-43-41-39-25-23-21-19-17-15-13-11-9-7-2/h17,19,23,25,37-38,44,46,52,54,59-60,64H,6-16,18,20-22,24,26-36,39-43,45,47-51,53,55-58H2,1-5H3,(H-,62,65,66,67)/b19-17-,25-23-,38-37+,46-44+,54-52+. The van der Waals surface area contributed by atoms with Gasteiger partial charge < -0.3 is 28.8 Å². The highest BCUT2D eigenvalue weighted by Crippen LogP contribution is 2.38. The number of likely N-dealkylation sites (N-methyl/N-ethyl adjacent to an activating group) is 1. The minimum atomic E-state index is -4.61. The molecule has 0 bridgehead atoms. The van der Waals surface area contributed by atoms with Crippen LogP contribution in [0.4, 0.5) is 0 Å². The molecule has 3 unspecified atom stereocenters. The van der Waals surface area contributed by atoms with Crippen LogP contribution in [0.5, 0.6) is 0 Å². The van der Waals surface area contributed by atoms with Crippen LogP contribution in [0.15, 0.2) is 60.8 Å². The number of carbonyl (C=O) groups excluding carboxylic acids is 1. The average Bonchev–Trinajstić information content (AvgIpc) is 3.32. The van der Waals surface area contributed by atoms with Crippen molar-refractivity contribution in [2.75, 3.05) is 40.9 Å². The lowest BCUT2D eigenvalue weighted by atomic mass is 10.0. The van der Waals surface area contributed by atoms with E-state index in [0.29, 0.717) is 17.4 Å². The Labute approximate surface area is 434 Å². The van der Waals surface area contributed by atoms with Gasteiger partial charge in [-0.05, 0) is 77.0 Å². The minimum absolute atomic E-state index is 0.0124. The topological polar surface area (TPSA) is 108 Å². The van der Waals surface area contributed by atoms with E-state index in [0.717, 1.165) is 64.2 Å². The molecule has 0 saturated carbocycles. The maximum absolute atomic E-state index is 12.9. The molecule has 0 aliphatic rings. The highest BCUT2D eigenvalue weighted by Gasteiger charge is 2.23. The Kier molecular flexibility index (Phi) is 50.7. The van der Waals surface area contributed by atoms with Crippen LogP contribution in [0.25, 0.3) is 0 Å². The zero-order chi connectivity index (χ0) is 51.3. The third-order valence-corrected chi connectivity index (χ3v) is 14.1. The van der Waals surface area contributed by atoms with Crippen LogP contribution in [-0.4, -0.2) is 68.5 Å². The molecule has 0 aliphatic carbocycles. The van der Waals surface area contributed by atoms with Crippen molar-refractivity contribution >= 4 is 13.7 Å². The number of phosphoric ester groups is 1. The highest BCUT2D eigenvalue weighted by atomic mass is 31.2. The summed E-state index contributed by atoms with van der Waals surface area (Å²) in [5.41, 5.74) is 0. The summed E-state index contributed by atoms with van der Waals surface area (Å²) in [6.07, 6.45) is 70.3. The van der Waals surface area contributed by atoms with E-state index in [1.165, 1.54) is 186 Å². The molecule has 0 radical (unpaired) electrons. The number of aliphatic hydroxyl groups is 1. The predicted octanol–water partition coefficient (Wildman–Crippen LogP) is 17.5. The van der Waals surface area contributed by atoms with Gasteiger partial charge in [-0.25, -0.2) is 0 Å². The summed E-state index contributed by atoms with van der Waals surface area (Å²) in [5, 5.41) is 13.9. The largest absolute Gasteiger partial charge is 0.756 e. The lowest BCUT2D eigenvalue weighted by molar-refractivity contribution is -0.870. The van der Waals surface area contributed by atoms with Crippen molar-refractivity contribution < 1.29 is 32.9 Å². The second-order valence-corrected chi connectivity index (χ2v) is 22.7. The normalized spacial score (nSPS) is 14.3. The first-order chi connectivity index (χ1) is 34.0. The number of hydrogen-bond acceptors (Lipinski definition) is 6. The summed E-state index contributed by atoms with van der Waals surface area (Å²) in [6, 6.07) is -0.917. The van der Waals surface area contributed by atoms with Crippen LogP contribution in [0.1, 0.15) is 271 Å². The van der Waals surface area contributed by atoms with Crippen molar-refractivity contribution in [3.63, 3.8) is 0 Å². The van der Waals surface area contributed by atoms with Crippen LogP contribution in [-0.2, 0) is 18.4 Å². The first-order valence-electron chi connectivity index (χ1n) is 29.7. The molecular formula is C61H115N2O6P. The molecule has 3 atom stereocenters. The number of allylic oxidation sites excluding steroid dienone is 9. The van der Waals surface area contributed by atoms with E-state index >= 15 is 0 Å². The molecular weight excluding hydrogens is 888 g/mol. The Bertz CT molecular complexity index is 1320. The molecule has 70 heavy (non-hydrogen) atoms. The molecule has 2 N–H and O–H groups in total. The number of phosphoric acid groups is 1. The first-order valence-corrected chi connectivity index (χ1v) is 31.1. The number of unbranched alkanes of at least 4 members (excludes halogenated alkanes) is 33. The van der Waals surface area contributed by atoms with Gasteiger partial charge >= 0.3 is 0 Å². The molecule has 0 aliphatic heterocycles. The highest BCUT2D eigenvalue weighted by molar-refractivity contribution is 7.45. The second kappa shape index (κ2) is 52.1. The molecule has 0 aromatic heterocycles.